The Kier molecular flexibility index (Phi) is 20.1. The molecule has 0 amide bonds. The number of methoxy groups -OCH3 is 1. The van der Waals surface area contributed by atoms with Gasteiger partial charge in [0.05, 0.1) is 69.7 Å². The van der Waals surface area contributed by atoms with E-state index in [-0.39, 0.29) is 37.7 Å². The molecule has 3 aliphatic heterocycles. The fourth-order valence-corrected chi connectivity index (χ4v) is 11.2. The number of para-hydroxylation sites is 2. The van der Waals surface area contributed by atoms with Crippen molar-refractivity contribution in [2.24, 2.45) is 17.8 Å². The zero-order valence-corrected chi connectivity index (χ0v) is 45.1. The highest BCUT2D eigenvalue weighted by molar-refractivity contribution is 6.39. The van der Waals surface area contributed by atoms with Crippen LogP contribution < -0.4 is 5.32 Å². The lowest BCUT2D eigenvalue weighted by atomic mass is 9.77. The molecular formula is C52H81Cl2N3O13. The van der Waals surface area contributed by atoms with Crippen LogP contribution in [0.3, 0.4) is 0 Å². The van der Waals surface area contributed by atoms with Gasteiger partial charge in [-0.1, -0.05) is 68.2 Å². The number of rotatable bonds is 12. The van der Waals surface area contributed by atoms with Crippen molar-refractivity contribution < 1.29 is 63.2 Å². The van der Waals surface area contributed by atoms with Crippen LogP contribution >= 0.6 is 23.2 Å². The van der Waals surface area contributed by atoms with E-state index < -0.39 is 108 Å². The van der Waals surface area contributed by atoms with E-state index in [1.165, 1.54) is 14.0 Å². The predicted molar refractivity (Wildman–Crippen MR) is 268 cm³/mol. The van der Waals surface area contributed by atoms with Gasteiger partial charge in [-0.2, -0.15) is 0 Å². The summed E-state index contributed by atoms with van der Waals surface area (Å²) in [6.45, 7) is 17.9. The molecule has 3 saturated heterocycles. The molecule has 0 aromatic heterocycles. The van der Waals surface area contributed by atoms with Gasteiger partial charge in [-0.15, -0.1) is 0 Å². The van der Waals surface area contributed by atoms with Crippen molar-refractivity contribution in [1.82, 2.24) is 9.80 Å². The van der Waals surface area contributed by atoms with E-state index in [0.717, 1.165) is 0 Å². The molecule has 5 N–H and O–H groups in total. The number of nitrogens with one attached hydrogen (secondary N) is 1. The van der Waals surface area contributed by atoms with E-state index >= 15 is 0 Å². The van der Waals surface area contributed by atoms with Crippen LogP contribution in [0, 0.1) is 17.8 Å². The Labute approximate surface area is 425 Å². The second kappa shape index (κ2) is 24.1. The maximum atomic E-state index is 14.6. The monoisotopic (exact) mass is 1030 g/mol. The van der Waals surface area contributed by atoms with Crippen molar-refractivity contribution in [2.75, 3.05) is 40.1 Å². The number of likely N-dealkylation sites (N-methyl/N-ethyl adjacent to an activating group) is 2. The predicted octanol–water partition coefficient (Wildman–Crippen LogP) is 6.74. The fourth-order valence-electron chi connectivity index (χ4n) is 10.7. The van der Waals surface area contributed by atoms with Crippen molar-refractivity contribution in [3.8, 4) is 0 Å². The van der Waals surface area contributed by atoms with Gasteiger partial charge in [0.15, 0.2) is 18.7 Å². The topological polar surface area (TPSA) is 198 Å². The number of aliphatic hydroxyl groups excluding tert-OH is 2. The minimum atomic E-state index is -1.86. The summed E-state index contributed by atoms with van der Waals surface area (Å²) in [5, 5.41) is 51.9. The summed E-state index contributed by atoms with van der Waals surface area (Å²) in [7, 11) is 7.11. The van der Waals surface area contributed by atoms with Crippen LogP contribution in [-0.4, -0.2) is 167 Å². The number of ether oxygens (including phenoxy) is 7. The van der Waals surface area contributed by atoms with E-state index in [1.807, 2.05) is 76.0 Å². The normalized spacial score (nSPS) is 39.7. The van der Waals surface area contributed by atoms with Crippen molar-refractivity contribution in [3.05, 3.63) is 58.1 Å². The first-order valence-corrected chi connectivity index (χ1v) is 25.4. The number of carbonyl (C=O) groups excluding carboxylic acids is 2. The second-order valence-corrected chi connectivity index (χ2v) is 22.0. The molecule has 2 aromatic carbocycles. The number of cyclic esters (lactones) is 1. The lowest BCUT2D eigenvalue weighted by molar-refractivity contribution is -0.319. The lowest BCUT2D eigenvalue weighted by Crippen LogP contribution is -2.61. The van der Waals surface area contributed by atoms with E-state index in [2.05, 4.69) is 5.32 Å². The first-order chi connectivity index (χ1) is 32.6. The summed E-state index contributed by atoms with van der Waals surface area (Å²) < 4.78 is 45.3. The minimum absolute atomic E-state index is 0.0809. The van der Waals surface area contributed by atoms with E-state index in [0.29, 0.717) is 39.9 Å². The van der Waals surface area contributed by atoms with Crippen LogP contribution in [0.2, 0.25) is 10.0 Å². The summed E-state index contributed by atoms with van der Waals surface area (Å²) in [5.74, 6) is -3.48. The molecule has 0 radical (unpaired) electrons. The number of carbonyl (C=O) groups is 2. The van der Waals surface area contributed by atoms with Crippen LogP contribution in [0.5, 0.6) is 0 Å². The summed E-state index contributed by atoms with van der Waals surface area (Å²) in [6.07, 6.45) is -9.34. The Morgan fingerprint density at radius 3 is 2.17 bits per heavy atom. The molecule has 0 spiro atoms. The highest BCUT2D eigenvalue weighted by Gasteiger charge is 2.53. The average molecular weight is 1030 g/mol. The van der Waals surface area contributed by atoms with E-state index in [4.69, 9.17) is 56.4 Å². The third kappa shape index (κ3) is 13.5. The lowest BCUT2D eigenvalue weighted by Gasteiger charge is -2.49. The van der Waals surface area contributed by atoms with Gasteiger partial charge in [0.25, 0.3) is 0 Å². The van der Waals surface area contributed by atoms with Crippen LogP contribution in [0.25, 0.3) is 0 Å². The number of hydrogen-bond acceptors (Lipinski definition) is 16. The standard InChI is InChI=1S/C52H81Cl2N3O13/c1-15-39-52(10,63)45(59)32(6)57(13)27-28(2)25-50(8,62)47(30(4)43(31(5)48(61)67-39)69-41-26-51(9,64-14)46(60)33(7)66-41)70-49-44(38(56(11)12)23-29(3)65-49)68-40(58)24-34-19-16-17-22-37(34)55-42-35(53)20-18-21-36(42)54/h16-22,28-33,38-39,41,43-47,49,55,59-60,62-63H,15,23-27H2,1-14H3/t28-,29-,30+,31-,32-,33+,38+,39-,41+,43+,44-,45-,46+,47-,49+,50-,51-,52-/m1/s1. The molecule has 3 heterocycles. The molecule has 3 aliphatic rings. The zero-order chi connectivity index (χ0) is 52.2. The molecule has 0 unspecified atom stereocenters. The van der Waals surface area contributed by atoms with Gasteiger partial charge in [0.2, 0.25) is 0 Å². The fraction of sp³-hybridized carbons (Fsp3) is 0.731. The number of anilines is 2. The Morgan fingerprint density at radius 1 is 0.914 bits per heavy atom. The Morgan fingerprint density at radius 2 is 1.56 bits per heavy atom. The molecule has 2 aromatic rings. The molecular weight excluding hydrogens is 945 g/mol. The number of benzene rings is 2. The first kappa shape index (κ1) is 58.2. The Balaban J connectivity index is 1.58. The SMILES string of the molecule is CC[C@H]1OC(=O)[C@H](C)[C@@H](O[C@H]2C[C@@](C)(OC)[C@@H](O)[C@H](C)O2)[C@H](C)[C@@H](O[C@@H]2O[C@H](C)C[C@H](N(C)C)[C@H]2OC(=O)Cc2ccccc2Nc2c(Cl)cccc2Cl)[C@](C)(O)C[C@@H](C)CN(C)[C@H](C)[C@@H](O)[C@]1(C)O. The quantitative estimate of drug-likeness (QED) is 0.140. The molecule has 0 aliphatic carbocycles. The average Bonchev–Trinajstić information content (AvgIpc) is 3.28. The third-order valence-corrected chi connectivity index (χ3v) is 15.7. The second-order valence-electron chi connectivity index (χ2n) is 21.2. The molecule has 16 nitrogen and oxygen atoms in total. The highest BCUT2D eigenvalue weighted by atomic mass is 35.5. The van der Waals surface area contributed by atoms with Crippen LogP contribution in [0.15, 0.2) is 42.5 Å². The summed E-state index contributed by atoms with van der Waals surface area (Å²) >= 11 is 13.0. The van der Waals surface area contributed by atoms with E-state index in [1.54, 1.807) is 59.7 Å². The number of hydrogen-bond donors (Lipinski definition) is 5. The molecule has 3 fully saturated rings. The maximum Gasteiger partial charge on any atom is 0.311 e. The number of halogens is 2. The van der Waals surface area contributed by atoms with E-state index in [9.17, 15) is 30.0 Å². The number of aliphatic hydroxyl groups is 4. The highest BCUT2D eigenvalue weighted by Crippen LogP contribution is 2.41. The van der Waals surface area contributed by atoms with Gasteiger partial charge in [-0.3, -0.25) is 9.59 Å². The summed E-state index contributed by atoms with van der Waals surface area (Å²) in [6, 6.07) is 11.5. The summed E-state index contributed by atoms with van der Waals surface area (Å²) in [5.41, 5.74) is -2.90. The van der Waals surface area contributed by atoms with Gasteiger partial charge in [-0.25, -0.2) is 0 Å². The van der Waals surface area contributed by atoms with Crippen LogP contribution in [0.4, 0.5) is 11.4 Å². The maximum absolute atomic E-state index is 14.6. The van der Waals surface area contributed by atoms with Crippen LogP contribution in [0.1, 0.15) is 100 Å². The third-order valence-electron chi connectivity index (χ3n) is 15.0. The molecule has 396 valence electrons. The van der Waals surface area contributed by atoms with Gasteiger partial charge in [0, 0.05) is 37.7 Å². The Hall–Kier alpha value is -2.68. The van der Waals surface area contributed by atoms with Crippen LogP contribution in [-0.2, 0) is 49.2 Å². The molecule has 0 bridgehead atoms. The first-order valence-electron chi connectivity index (χ1n) is 24.7. The van der Waals surface area contributed by atoms with Gasteiger partial charge in [0.1, 0.15) is 23.9 Å². The molecule has 18 atom stereocenters. The van der Waals surface area contributed by atoms with Gasteiger partial charge < -0.3 is 68.7 Å². The van der Waals surface area contributed by atoms with Crippen molar-refractivity contribution in [2.45, 2.75) is 192 Å². The smallest absolute Gasteiger partial charge is 0.311 e. The molecule has 70 heavy (non-hydrogen) atoms. The molecule has 0 saturated carbocycles. The minimum Gasteiger partial charge on any atom is -0.459 e. The molecule has 18 heteroatoms. The van der Waals surface area contributed by atoms with Gasteiger partial charge >= 0.3 is 11.9 Å². The zero-order valence-electron chi connectivity index (χ0n) is 43.6. The molecule has 5 rings (SSSR count). The number of nitrogens with zero attached hydrogens (tertiary/aromatic N) is 2. The van der Waals surface area contributed by atoms with Crippen molar-refractivity contribution in [1.29, 1.82) is 0 Å². The number of esters is 2. The van der Waals surface area contributed by atoms with Crippen molar-refractivity contribution >= 4 is 46.5 Å². The largest absolute Gasteiger partial charge is 0.459 e. The van der Waals surface area contributed by atoms with Crippen molar-refractivity contribution in [3.63, 3.8) is 0 Å². The Bertz CT molecular complexity index is 2030. The summed E-state index contributed by atoms with van der Waals surface area (Å²) in [4.78, 5) is 32.8. The van der Waals surface area contributed by atoms with Gasteiger partial charge in [-0.05, 0) is 119 Å².